The molecule has 0 bridgehead atoms. The van der Waals surface area contributed by atoms with Crippen molar-refractivity contribution in [3.63, 3.8) is 0 Å². The minimum Gasteiger partial charge on any atom is -0.668 e. The summed E-state index contributed by atoms with van der Waals surface area (Å²) >= 11 is 0. The van der Waals surface area contributed by atoms with Crippen LogP contribution in [0.1, 0.15) is 19.8 Å². The number of amides is 1. The second-order valence-electron chi connectivity index (χ2n) is 2.18. The summed E-state index contributed by atoms with van der Waals surface area (Å²) in [6, 6.07) is -0.575. The molecule has 0 aromatic rings. The zero-order valence-electron chi connectivity index (χ0n) is 6.20. The summed E-state index contributed by atoms with van der Waals surface area (Å²) in [7, 11) is 0. The van der Waals surface area contributed by atoms with Crippen LogP contribution in [0, 0.1) is 0 Å². The molecule has 0 saturated carbocycles. The molecule has 0 unspecified atom stereocenters. The summed E-state index contributed by atoms with van der Waals surface area (Å²) in [5.41, 5.74) is 11.8. The van der Waals surface area contributed by atoms with Gasteiger partial charge in [0.1, 0.15) is 5.78 Å². The summed E-state index contributed by atoms with van der Waals surface area (Å²) in [5.74, 6) is -0.807. The third-order valence-electron chi connectivity index (χ3n) is 1.20. The van der Waals surface area contributed by atoms with Crippen molar-refractivity contribution in [3.8, 4) is 0 Å². The Morgan fingerprint density at radius 3 is 2.27 bits per heavy atom. The summed E-state index contributed by atoms with van der Waals surface area (Å²) in [6.45, 7) is 1.37. The first-order chi connectivity index (χ1) is 4.54. The molecule has 0 radical (unpaired) electrons. The van der Waals surface area contributed by atoms with Crippen LogP contribution in [0.4, 0.5) is 0 Å². The summed E-state index contributed by atoms with van der Waals surface area (Å²) in [5, 5.41) is 0. The minimum absolute atomic E-state index is 0. The molecule has 11 heavy (non-hydrogen) atoms. The molecule has 1 atom stereocenters. The third kappa shape index (κ3) is 7.66. The monoisotopic (exact) mass is 249 g/mol. The third-order valence-corrected chi connectivity index (χ3v) is 1.20. The van der Waals surface area contributed by atoms with Crippen LogP contribution in [-0.2, 0) is 30.0 Å². The smallest absolute Gasteiger partial charge is 0.146 e. The number of hydrogen-bond donors (Lipinski definition) is 1. The van der Waals surface area contributed by atoms with Crippen LogP contribution in [-0.4, -0.2) is 17.7 Å². The number of nitrogens with two attached hydrogens (primary N) is 1. The van der Waals surface area contributed by atoms with Gasteiger partial charge in [-0.15, -0.1) is 0 Å². The van der Waals surface area contributed by atoms with Crippen molar-refractivity contribution in [2.24, 2.45) is 5.73 Å². The quantitative estimate of drug-likeness (QED) is 0.725. The Hall–Kier alpha value is -0.238. The van der Waals surface area contributed by atoms with Crippen molar-refractivity contribution in [1.82, 2.24) is 0 Å². The molecule has 0 aliphatic carbocycles. The van der Waals surface area contributed by atoms with Crippen LogP contribution >= 0.6 is 0 Å². The first-order valence-corrected chi connectivity index (χ1v) is 3.04. The Bertz CT molecular complexity index is 150. The fraction of sp³-hybridized carbons (Fsp3) is 0.667. The van der Waals surface area contributed by atoms with E-state index in [1.54, 1.807) is 0 Å². The zero-order valence-corrected chi connectivity index (χ0v) is 7.76. The molecular weight excluding hydrogens is 238 g/mol. The molecule has 4 nitrogen and oxygen atoms in total. The summed E-state index contributed by atoms with van der Waals surface area (Å²) < 4.78 is 0. The average Bonchev–Trinajstić information content (AvgIpc) is 1.82. The normalized spacial score (nSPS) is 11.5. The van der Waals surface area contributed by atoms with Gasteiger partial charge in [0.2, 0.25) is 0 Å². The van der Waals surface area contributed by atoms with Crippen molar-refractivity contribution in [3.05, 3.63) is 5.73 Å². The van der Waals surface area contributed by atoms with E-state index in [9.17, 15) is 9.59 Å². The van der Waals surface area contributed by atoms with Gasteiger partial charge in [0.15, 0.2) is 0 Å². The van der Waals surface area contributed by atoms with Crippen molar-refractivity contribution < 1.29 is 30.0 Å². The number of rotatable bonds is 4. The molecule has 68 valence electrons. The van der Waals surface area contributed by atoms with Crippen LogP contribution < -0.4 is 5.73 Å². The molecule has 0 spiro atoms. The molecule has 0 saturated heterocycles. The standard InChI is InChI=1S/C6H12N2O2.Pd/c1-4(9)5(7)2-3-6(8)10;/h5H,2-3,7H2,1H3,(H2,8,10);/p-1/t5-;/m0./s1. The molecule has 0 aromatic heterocycles. The number of Topliss-reactive ketones (excluding diaryl/α,β-unsaturated/α-hetero) is 1. The van der Waals surface area contributed by atoms with Gasteiger partial charge in [0.25, 0.3) is 0 Å². The van der Waals surface area contributed by atoms with E-state index in [2.05, 4.69) is 0 Å². The molecule has 0 heterocycles. The Morgan fingerprint density at radius 1 is 1.55 bits per heavy atom. The molecule has 1 amide bonds. The van der Waals surface area contributed by atoms with Gasteiger partial charge in [-0.25, -0.2) is 0 Å². The average molecular weight is 250 g/mol. The second-order valence-corrected chi connectivity index (χ2v) is 2.18. The number of carbonyl (C=O) groups is 2. The predicted molar refractivity (Wildman–Crippen MR) is 37.2 cm³/mol. The number of nitrogens with one attached hydrogen (secondary N) is 1. The summed E-state index contributed by atoms with van der Waals surface area (Å²) in [4.78, 5) is 20.5. The predicted octanol–water partition coefficient (Wildman–Crippen LogP) is 0.259. The van der Waals surface area contributed by atoms with Crippen molar-refractivity contribution in [2.75, 3.05) is 0 Å². The SMILES string of the molecule is CC(=O)[C@@H](N)CCC([NH-])=O.[Pd]. The molecule has 0 fully saturated rings. The maximum Gasteiger partial charge on any atom is 0.146 e. The molecule has 5 heteroatoms. The Kier molecular flexibility index (Phi) is 7.86. The van der Waals surface area contributed by atoms with Gasteiger partial charge in [0.05, 0.1) is 6.04 Å². The van der Waals surface area contributed by atoms with Gasteiger partial charge in [-0.05, 0) is 19.8 Å². The number of ketones is 1. The van der Waals surface area contributed by atoms with E-state index in [0.29, 0.717) is 0 Å². The van der Waals surface area contributed by atoms with E-state index in [1.807, 2.05) is 0 Å². The van der Waals surface area contributed by atoms with Crippen LogP contribution in [0.25, 0.3) is 5.73 Å². The number of carbonyl (C=O) groups excluding carboxylic acids is 2. The van der Waals surface area contributed by atoms with Gasteiger partial charge in [0, 0.05) is 26.3 Å². The van der Waals surface area contributed by atoms with Gasteiger partial charge in [-0.2, -0.15) is 0 Å². The zero-order chi connectivity index (χ0) is 8.15. The minimum atomic E-state index is -0.670. The van der Waals surface area contributed by atoms with E-state index in [1.165, 1.54) is 6.92 Å². The van der Waals surface area contributed by atoms with Gasteiger partial charge in [-0.1, -0.05) is 0 Å². The Balaban J connectivity index is 0. The van der Waals surface area contributed by atoms with E-state index in [0.717, 1.165) is 0 Å². The van der Waals surface area contributed by atoms with Crippen molar-refractivity contribution >= 4 is 11.7 Å². The van der Waals surface area contributed by atoms with Crippen LogP contribution in [0.5, 0.6) is 0 Å². The Labute approximate surface area is 79.3 Å². The van der Waals surface area contributed by atoms with Crippen molar-refractivity contribution in [1.29, 1.82) is 0 Å². The van der Waals surface area contributed by atoms with Crippen LogP contribution in [0.15, 0.2) is 0 Å². The first-order valence-electron chi connectivity index (χ1n) is 3.04. The van der Waals surface area contributed by atoms with Gasteiger partial charge < -0.3 is 16.3 Å². The number of hydrogen-bond acceptors (Lipinski definition) is 3. The van der Waals surface area contributed by atoms with Crippen LogP contribution in [0.2, 0.25) is 0 Å². The maximum absolute atomic E-state index is 10.5. The van der Waals surface area contributed by atoms with Crippen LogP contribution in [0.3, 0.4) is 0 Å². The first kappa shape index (κ1) is 13.4. The molecule has 0 aromatic carbocycles. The Morgan fingerprint density at radius 2 is 2.00 bits per heavy atom. The maximum atomic E-state index is 10.5. The fourth-order valence-electron chi connectivity index (χ4n) is 0.490. The summed E-state index contributed by atoms with van der Waals surface area (Å²) in [6.07, 6.45) is 0.360. The molecule has 0 rings (SSSR count). The fourth-order valence-corrected chi connectivity index (χ4v) is 0.490. The van der Waals surface area contributed by atoms with Crippen molar-refractivity contribution in [2.45, 2.75) is 25.8 Å². The largest absolute Gasteiger partial charge is 0.668 e. The van der Waals surface area contributed by atoms with Gasteiger partial charge >= 0.3 is 0 Å². The van der Waals surface area contributed by atoms with E-state index < -0.39 is 11.9 Å². The topological polar surface area (TPSA) is 84.0 Å². The molecule has 3 N–H and O–H groups in total. The van der Waals surface area contributed by atoms with E-state index in [-0.39, 0.29) is 39.0 Å². The molecular formula is C6H11N2O2Pd-. The second kappa shape index (κ2) is 6.47. The molecule has 0 aliphatic heterocycles. The molecule has 0 aliphatic rings. The van der Waals surface area contributed by atoms with E-state index in [4.69, 9.17) is 11.5 Å². The van der Waals surface area contributed by atoms with E-state index >= 15 is 0 Å². The van der Waals surface area contributed by atoms with Gasteiger partial charge in [-0.3, -0.25) is 4.79 Å².